The minimum absolute atomic E-state index is 0.0108. The number of nitrogens with zero attached hydrogens (tertiary/aromatic N) is 6. The summed E-state index contributed by atoms with van der Waals surface area (Å²) in [6.07, 6.45) is 1.67. The van der Waals surface area contributed by atoms with Crippen molar-refractivity contribution in [3.05, 3.63) is 39.7 Å². The van der Waals surface area contributed by atoms with Gasteiger partial charge < -0.3 is 29.5 Å². The molecular formula is C37H42ClFN8O4S. The van der Waals surface area contributed by atoms with Gasteiger partial charge in [-0.05, 0) is 83.8 Å². The summed E-state index contributed by atoms with van der Waals surface area (Å²) in [6, 6.07) is 5.03. The summed E-state index contributed by atoms with van der Waals surface area (Å²) in [6.45, 7) is 9.21. The van der Waals surface area contributed by atoms with Crippen LogP contribution in [0.4, 0.5) is 26.0 Å². The second kappa shape index (κ2) is 13.6. The number of thiophene rings is 1. The number of halogens is 2. The number of aromatic nitrogens is 2. The van der Waals surface area contributed by atoms with Gasteiger partial charge in [-0.2, -0.15) is 10.2 Å². The van der Waals surface area contributed by atoms with Gasteiger partial charge in [0, 0.05) is 43.2 Å². The summed E-state index contributed by atoms with van der Waals surface area (Å²) in [5, 5.41) is 18.0. The Morgan fingerprint density at radius 3 is 2.62 bits per heavy atom. The minimum atomic E-state index is -0.780. The van der Waals surface area contributed by atoms with E-state index in [0.717, 1.165) is 41.9 Å². The topological polar surface area (TPSA) is 136 Å². The molecule has 2 fully saturated rings. The van der Waals surface area contributed by atoms with Gasteiger partial charge >= 0.3 is 6.09 Å². The number of hydrogen-bond acceptors (Lipinski definition) is 11. The summed E-state index contributed by atoms with van der Waals surface area (Å²) < 4.78 is 27.3. The molecule has 3 aliphatic heterocycles. The number of likely N-dealkylation sites (tertiary alicyclic amines) is 1. The molecule has 3 atom stereocenters. The number of ether oxygens (including phenoxy) is 2. The smallest absolute Gasteiger partial charge is 0.412 e. The number of piperidine rings is 1. The van der Waals surface area contributed by atoms with Gasteiger partial charge in [-0.15, -0.1) is 11.3 Å². The lowest BCUT2D eigenvalue weighted by Crippen LogP contribution is -2.45. The Morgan fingerprint density at radius 1 is 1.17 bits per heavy atom. The summed E-state index contributed by atoms with van der Waals surface area (Å²) >= 11 is 8.44. The van der Waals surface area contributed by atoms with Gasteiger partial charge in [0.2, 0.25) is 11.9 Å². The molecule has 12 nitrogen and oxygen atoms in total. The average Bonchev–Trinajstić information content (AvgIpc) is 3.80. The van der Waals surface area contributed by atoms with Crippen molar-refractivity contribution in [2.45, 2.75) is 83.9 Å². The number of amides is 2. The molecule has 7 rings (SSSR count). The van der Waals surface area contributed by atoms with Crippen molar-refractivity contribution in [2.24, 2.45) is 0 Å². The summed E-state index contributed by atoms with van der Waals surface area (Å²) in [5.41, 5.74) is 2.41. The molecule has 2 amide bonds. The number of benzene rings is 2. The third kappa shape index (κ3) is 6.27. The van der Waals surface area contributed by atoms with Crippen molar-refractivity contribution in [2.75, 3.05) is 49.8 Å². The number of likely N-dealkylation sites (N-methyl/N-ethyl adjacent to an activating group) is 2. The van der Waals surface area contributed by atoms with Crippen molar-refractivity contribution in [1.29, 1.82) is 5.26 Å². The number of hydrogen-bond donors (Lipinski definition) is 2. The highest BCUT2D eigenvalue weighted by atomic mass is 35.5. The van der Waals surface area contributed by atoms with Gasteiger partial charge in [-0.3, -0.25) is 10.1 Å². The molecule has 15 heteroatoms. The molecule has 5 heterocycles. The number of nitriles is 1. The van der Waals surface area contributed by atoms with Crippen LogP contribution in [0.5, 0.6) is 0 Å². The van der Waals surface area contributed by atoms with E-state index in [1.807, 2.05) is 0 Å². The Hall–Kier alpha value is -4.29. The van der Waals surface area contributed by atoms with Gasteiger partial charge in [0.25, 0.3) is 0 Å². The maximum absolute atomic E-state index is 15.6. The molecule has 0 aliphatic carbocycles. The molecule has 0 saturated carbocycles. The molecule has 4 aromatic rings. The van der Waals surface area contributed by atoms with E-state index in [1.165, 1.54) is 6.07 Å². The van der Waals surface area contributed by atoms with Crippen molar-refractivity contribution in [3.8, 4) is 17.2 Å². The highest BCUT2D eigenvalue weighted by Crippen LogP contribution is 2.50. The van der Waals surface area contributed by atoms with Crippen LogP contribution in [-0.4, -0.2) is 89.7 Å². The van der Waals surface area contributed by atoms with Crippen molar-refractivity contribution >= 4 is 72.7 Å². The van der Waals surface area contributed by atoms with Gasteiger partial charge in [-0.25, -0.2) is 14.2 Å². The summed E-state index contributed by atoms with van der Waals surface area (Å²) in [4.78, 5) is 42.5. The van der Waals surface area contributed by atoms with Crippen molar-refractivity contribution < 1.29 is 23.5 Å². The lowest BCUT2D eigenvalue weighted by atomic mass is 9.91. The molecule has 3 aliphatic rings. The van der Waals surface area contributed by atoms with Crippen LogP contribution in [0.15, 0.2) is 12.1 Å². The Morgan fingerprint density at radius 2 is 1.92 bits per heavy atom. The van der Waals surface area contributed by atoms with E-state index >= 15 is 4.39 Å². The SMILES string of the molecule is C[C@H]1[C@@H](N(C)C)CCN1c1nc(N[C@@H]2CCCN(C)C2=O)c2c3c(c(-c4ccc(F)c5sc(NC(=O)OC(C)(C)C)c(C#N)c45)c(Cl)c2n1)COC3. The monoisotopic (exact) mass is 748 g/mol. The van der Waals surface area contributed by atoms with Gasteiger partial charge in [0.1, 0.15) is 34.3 Å². The van der Waals surface area contributed by atoms with Crippen LogP contribution in [-0.2, 0) is 27.5 Å². The highest BCUT2D eigenvalue weighted by molar-refractivity contribution is 7.23. The van der Waals surface area contributed by atoms with Crippen LogP contribution in [0, 0.1) is 17.1 Å². The number of rotatable bonds is 6. The molecule has 2 N–H and O–H groups in total. The van der Waals surface area contributed by atoms with Crippen molar-refractivity contribution in [3.63, 3.8) is 0 Å². The zero-order chi connectivity index (χ0) is 37.2. The Kier molecular flexibility index (Phi) is 9.44. The fraction of sp³-hybridized carbons (Fsp3) is 0.486. The zero-order valence-corrected chi connectivity index (χ0v) is 31.9. The molecule has 2 saturated heterocycles. The van der Waals surface area contributed by atoms with Gasteiger partial charge in [0.05, 0.1) is 39.4 Å². The molecular weight excluding hydrogens is 707 g/mol. The van der Waals surface area contributed by atoms with E-state index in [-0.39, 0.29) is 46.5 Å². The predicted octanol–water partition coefficient (Wildman–Crippen LogP) is 7.11. The summed E-state index contributed by atoms with van der Waals surface area (Å²) in [7, 11) is 5.93. The fourth-order valence-corrected chi connectivity index (χ4v) is 9.15. The van der Waals surface area contributed by atoms with Crippen molar-refractivity contribution in [1.82, 2.24) is 19.8 Å². The highest BCUT2D eigenvalue weighted by Gasteiger charge is 2.37. The van der Waals surface area contributed by atoms with Crippen LogP contribution < -0.4 is 15.5 Å². The second-order valence-corrected chi connectivity index (χ2v) is 16.3. The third-order valence-electron chi connectivity index (χ3n) is 10.2. The zero-order valence-electron chi connectivity index (χ0n) is 30.3. The predicted molar refractivity (Wildman–Crippen MR) is 202 cm³/mol. The first kappa shape index (κ1) is 36.1. The van der Waals surface area contributed by atoms with Gasteiger partial charge in [-0.1, -0.05) is 17.7 Å². The lowest BCUT2D eigenvalue weighted by molar-refractivity contribution is -0.132. The lowest BCUT2D eigenvalue weighted by Gasteiger charge is -2.31. The fourth-order valence-electron chi connectivity index (χ4n) is 7.73. The van der Waals surface area contributed by atoms with Crippen LogP contribution in [0.3, 0.4) is 0 Å². The molecule has 0 unspecified atom stereocenters. The first-order valence-electron chi connectivity index (χ1n) is 17.4. The normalized spacial score (nSPS) is 20.6. The molecule has 52 heavy (non-hydrogen) atoms. The summed E-state index contributed by atoms with van der Waals surface area (Å²) in [5.74, 6) is 0.435. The van der Waals surface area contributed by atoms with E-state index in [1.54, 1.807) is 38.8 Å². The Bertz CT molecular complexity index is 2160. The third-order valence-corrected chi connectivity index (χ3v) is 11.7. The van der Waals surface area contributed by atoms with Crippen LogP contribution in [0.2, 0.25) is 5.02 Å². The molecule has 0 spiro atoms. The van der Waals surface area contributed by atoms with Crippen LogP contribution in [0.1, 0.15) is 63.6 Å². The van der Waals surface area contributed by atoms with E-state index in [2.05, 4.69) is 47.5 Å². The van der Waals surface area contributed by atoms with E-state index in [9.17, 15) is 14.9 Å². The van der Waals surface area contributed by atoms with Crippen LogP contribution >= 0.6 is 22.9 Å². The number of fused-ring (bicyclic) bond motifs is 4. The number of nitrogens with one attached hydrogen (secondary N) is 2. The van der Waals surface area contributed by atoms with E-state index in [0.29, 0.717) is 57.2 Å². The average molecular weight is 749 g/mol. The minimum Gasteiger partial charge on any atom is -0.444 e. The first-order chi connectivity index (χ1) is 24.7. The number of carbonyl (C=O) groups excluding carboxylic acids is 2. The Labute approximate surface area is 310 Å². The molecule has 2 aromatic heterocycles. The molecule has 0 radical (unpaired) electrons. The molecule has 2 aromatic carbocycles. The maximum Gasteiger partial charge on any atom is 0.412 e. The number of carbonyl (C=O) groups is 2. The second-order valence-electron chi connectivity index (χ2n) is 14.9. The van der Waals surface area contributed by atoms with Gasteiger partial charge in [0.15, 0.2) is 0 Å². The molecule has 0 bridgehead atoms. The maximum atomic E-state index is 15.6. The first-order valence-corrected chi connectivity index (χ1v) is 18.6. The van der Waals surface area contributed by atoms with E-state index < -0.39 is 23.6 Å². The number of anilines is 3. The quantitative estimate of drug-likeness (QED) is 0.210. The Balaban J connectivity index is 1.46. The van der Waals surface area contributed by atoms with E-state index in [4.69, 9.17) is 31.0 Å². The van der Waals surface area contributed by atoms with Crippen LogP contribution in [0.25, 0.3) is 32.1 Å². The standard InChI is InChI=1S/C37H42ClFN8O4S/c1-18-25(45(5)6)12-14-47(18)35-42-30-28(32(43-35)41-24-9-8-13-46(7)34(24)48)22-17-50-16-21(22)26(29(30)38)19-10-11-23(39)31-27(19)20(15-40)33(52-31)44-36(49)51-37(2,3)4/h10-11,18,24-25H,8-9,12-14,16-17H2,1-7H3,(H,44,49)(H,41,42,43)/t18-,24+,25-/m0/s1. The molecule has 274 valence electrons. The largest absolute Gasteiger partial charge is 0.444 e.